The lowest BCUT2D eigenvalue weighted by Crippen LogP contribution is -2.36. The molecular weight excluding hydrogens is 260 g/mol. The lowest BCUT2D eigenvalue weighted by atomic mass is 10.3. The highest BCUT2D eigenvalue weighted by Gasteiger charge is 2.17. The Morgan fingerprint density at radius 1 is 1.32 bits per heavy atom. The van der Waals surface area contributed by atoms with Crippen molar-refractivity contribution in [2.45, 2.75) is 19.9 Å². The zero-order valence-corrected chi connectivity index (χ0v) is 12.1. The molecule has 19 heavy (non-hydrogen) atoms. The largest absolute Gasteiger partial charge is 0.378 e. The highest BCUT2D eigenvalue weighted by atomic mass is 32.1. The van der Waals surface area contributed by atoms with Crippen LogP contribution in [-0.2, 0) is 4.74 Å². The molecule has 0 spiro atoms. The minimum Gasteiger partial charge on any atom is -0.378 e. The first-order valence-corrected chi connectivity index (χ1v) is 7.45. The van der Waals surface area contributed by atoms with Crippen LogP contribution in [0.3, 0.4) is 0 Å². The summed E-state index contributed by atoms with van der Waals surface area (Å²) in [5.74, 6) is 0.950. The molecule has 0 bridgehead atoms. The van der Waals surface area contributed by atoms with Crippen LogP contribution in [0.4, 0.5) is 5.13 Å². The molecule has 0 aromatic carbocycles. The maximum absolute atomic E-state index is 5.37. The maximum atomic E-state index is 5.37. The monoisotopic (exact) mass is 278 g/mol. The topological polar surface area (TPSA) is 43.2 Å². The van der Waals surface area contributed by atoms with Crippen molar-refractivity contribution in [1.82, 2.24) is 14.5 Å². The quantitative estimate of drug-likeness (QED) is 0.865. The summed E-state index contributed by atoms with van der Waals surface area (Å²) in [4.78, 5) is 11.4. The molecule has 1 aliphatic heterocycles. The first kappa shape index (κ1) is 12.6. The third-order valence-corrected chi connectivity index (χ3v) is 4.13. The Labute approximate surface area is 116 Å². The average molecular weight is 278 g/mol. The van der Waals surface area contributed by atoms with E-state index in [1.165, 1.54) is 0 Å². The van der Waals surface area contributed by atoms with Gasteiger partial charge >= 0.3 is 0 Å². The zero-order chi connectivity index (χ0) is 13.2. The summed E-state index contributed by atoms with van der Waals surface area (Å²) in [6.07, 6.45) is 3.84. The van der Waals surface area contributed by atoms with Crippen LogP contribution in [0.2, 0.25) is 0 Å². The lowest BCUT2D eigenvalue weighted by molar-refractivity contribution is 0.122. The zero-order valence-electron chi connectivity index (χ0n) is 11.2. The van der Waals surface area contributed by atoms with Crippen LogP contribution >= 0.6 is 11.3 Å². The van der Waals surface area contributed by atoms with Gasteiger partial charge in [0.05, 0.1) is 13.2 Å². The van der Waals surface area contributed by atoms with Crippen molar-refractivity contribution in [3.63, 3.8) is 0 Å². The molecule has 2 aromatic heterocycles. The van der Waals surface area contributed by atoms with E-state index in [1.54, 1.807) is 11.3 Å². The first-order valence-electron chi connectivity index (χ1n) is 6.57. The van der Waals surface area contributed by atoms with Gasteiger partial charge in [0.15, 0.2) is 11.0 Å². The predicted octanol–water partition coefficient (Wildman–Crippen LogP) is 2.42. The highest BCUT2D eigenvalue weighted by Crippen LogP contribution is 2.28. The predicted molar refractivity (Wildman–Crippen MR) is 76.8 cm³/mol. The van der Waals surface area contributed by atoms with E-state index in [-0.39, 0.29) is 0 Å². The number of thiazole rings is 1. The van der Waals surface area contributed by atoms with Gasteiger partial charge in [-0.25, -0.2) is 9.97 Å². The van der Waals surface area contributed by atoms with Crippen molar-refractivity contribution in [3.05, 3.63) is 17.8 Å². The molecule has 3 rings (SSSR count). The summed E-state index contributed by atoms with van der Waals surface area (Å²) < 4.78 is 7.52. The Hall–Kier alpha value is -1.40. The number of hydrogen-bond acceptors (Lipinski definition) is 5. The summed E-state index contributed by atoms with van der Waals surface area (Å²) in [6, 6.07) is 0.394. The number of nitrogens with zero attached hydrogens (tertiary/aromatic N) is 4. The van der Waals surface area contributed by atoms with Gasteiger partial charge in [0.25, 0.3) is 0 Å². The van der Waals surface area contributed by atoms with Crippen molar-refractivity contribution in [2.24, 2.45) is 0 Å². The SMILES string of the molecule is CC(C)n1ccnc1-c1csc(N2CCOCC2)n1. The normalized spacial score (nSPS) is 16.3. The second-order valence-electron chi connectivity index (χ2n) is 4.87. The maximum Gasteiger partial charge on any atom is 0.186 e. The van der Waals surface area contributed by atoms with E-state index in [1.807, 2.05) is 12.4 Å². The smallest absolute Gasteiger partial charge is 0.186 e. The van der Waals surface area contributed by atoms with Crippen molar-refractivity contribution in [3.8, 4) is 11.5 Å². The Balaban J connectivity index is 1.86. The molecule has 102 valence electrons. The molecule has 6 heteroatoms. The second-order valence-corrected chi connectivity index (χ2v) is 5.70. The molecule has 5 nitrogen and oxygen atoms in total. The fourth-order valence-corrected chi connectivity index (χ4v) is 3.05. The third kappa shape index (κ3) is 2.50. The number of rotatable bonds is 3. The summed E-state index contributed by atoms with van der Waals surface area (Å²) >= 11 is 1.68. The Morgan fingerprint density at radius 3 is 2.84 bits per heavy atom. The van der Waals surface area contributed by atoms with Crippen molar-refractivity contribution >= 4 is 16.5 Å². The molecule has 0 N–H and O–H groups in total. The number of anilines is 1. The van der Waals surface area contributed by atoms with E-state index in [2.05, 4.69) is 33.7 Å². The molecule has 0 saturated carbocycles. The molecule has 1 fully saturated rings. The number of hydrogen-bond donors (Lipinski definition) is 0. The fraction of sp³-hybridized carbons (Fsp3) is 0.538. The van der Waals surface area contributed by atoms with E-state index in [0.717, 1.165) is 43.0 Å². The van der Waals surface area contributed by atoms with Gasteiger partial charge in [-0.3, -0.25) is 0 Å². The van der Waals surface area contributed by atoms with Crippen molar-refractivity contribution < 1.29 is 4.74 Å². The fourth-order valence-electron chi connectivity index (χ4n) is 2.19. The van der Waals surface area contributed by atoms with Gasteiger partial charge in [-0.2, -0.15) is 0 Å². The van der Waals surface area contributed by atoms with Crippen LogP contribution in [0, 0.1) is 0 Å². The number of aromatic nitrogens is 3. The summed E-state index contributed by atoms with van der Waals surface area (Å²) in [7, 11) is 0. The molecular formula is C13H18N4OS. The van der Waals surface area contributed by atoms with Gasteiger partial charge in [0.2, 0.25) is 0 Å². The van der Waals surface area contributed by atoms with Gasteiger partial charge in [-0.05, 0) is 13.8 Å². The number of ether oxygens (including phenoxy) is 1. The van der Waals surface area contributed by atoms with Crippen LogP contribution in [0.5, 0.6) is 0 Å². The molecule has 0 atom stereocenters. The summed E-state index contributed by atoms with van der Waals surface area (Å²) in [6.45, 7) is 7.73. The molecule has 1 saturated heterocycles. The van der Waals surface area contributed by atoms with E-state index >= 15 is 0 Å². The van der Waals surface area contributed by atoms with Gasteiger partial charge in [-0.15, -0.1) is 11.3 Å². The Kier molecular flexibility index (Phi) is 3.52. The van der Waals surface area contributed by atoms with Crippen molar-refractivity contribution in [2.75, 3.05) is 31.2 Å². The minimum atomic E-state index is 0.394. The number of morpholine rings is 1. The molecule has 0 amide bonds. The molecule has 1 aliphatic rings. The molecule has 0 radical (unpaired) electrons. The van der Waals surface area contributed by atoms with Gasteiger partial charge in [-0.1, -0.05) is 0 Å². The van der Waals surface area contributed by atoms with Crippen LogP contribution in [0.1, 0.15) is 19.9 Å². The van der Waals surface area contributed by atoms with Crippen molar-refractivity contribution in [1.29, 1.82) is 0 Å². The second kappa shape index (κ2) is 5.30. The molecule has 0 aliphatic carbocycles. The Morgan fingerprint density at radius 2 is 2.11 bits per heavy atom. The summed E-state index contributed by atoms with van der Waals surface area (Å²) in [5.41, 5.74) is 0.963. The van der Waals surface area contributed by atoms with Crippen LogP contribution in [0.25, 0.3) is 11.5 Å². The van der Waals surface area contributed by atoms with Gasteiger partial charge in [0, 0.05) is 36.9 Å². The van der Waals surface area contributed by atoms with Gasteiger partial charge < -0.3 is 14.2 Å². The molecule has 3 heterocycles. The summed E-state index contributed by atoms with van der Waals surface area (Å²) in [5, 5.41) is 3.16. The third-order valence-electron chi connectivity index (χ3n) is 3.23. The van der Waals surface area contributed by atoms with Crippen LogP contribution in [0.15, 0.2) is 17.8 Å². The lowest BCUT2D eigenvalue weighted by Gasteiger charge is -2.26. The van der Waals surface area contributed by atoms with Gasteiger partial charge in [0.1, 0.15) is 5.69 Å². The average Bonchev–Trinajstić information content (AvgIpc) is 3.08. The van der Waals surface area contributed by atoms with E-state index in [4.69, 9.17) is 9.72 Å². The minimum absolute atomic E-state index is 0.394. The van der Waals surface area contributed by atoms with E-state index < -0.39 is 0 Å². The van der Waals surface area contributed by atoms with Crippen LogP contribution in [-0.4, -0.2) is 40.8 Å². The molecule has 2 aromatic rings. The molecule has 0 unspecified atom stereocenters. The Bertz CT molecular complexity index is 542. The van der Waals surface area contributed by atoms with Crippen LogP contribution < -0.4 is 4.90 Å². The standard InChI is InChI=1S/C13H18N4OS/c1-10(2)17-4-3-14-12(17)11-9-19-13(15-11)16-5-7-18-8-6-16/h3-4,9-10H,5-8H2,1-2H3. The first-order chi connectivity index (χ1) is 9.25. The van der Waals surface area contributed by atoms with E-state index in [9.17, 15) is 0 Å². The highest BCUT2D eigenvalue weighted by molar-refractivity contribution is 7.14. The number of imidazole rings is 1. The van der Waals surface area contributed by atoms with E-state index in [0.29, 0.717) is 6.04 Å².